The van der Waals surface area contributed by atoms with Crippen LogP contribution in [0.25, 0.3) is 0 Å². The fourth-order valence-electron chi connectivity index (χ4n) is 0. The second kappa shape index (κ2) is 45.9. The summed E-state index contributed by atoms with van der Waals surface area (Å²) in [7, 11) is 0. The van der Waals surface area contributed by atoms with Crippen LogP contribution in [0.5, 0.6) is 0 Å². The molecule has 0 saturated carbocycles. The van der Waals surface area contributed by atoms with Gasteiger partial charge in [-0.05, 0) is 0 Å². The summed E-state index contributed by atoms with van der Waals surface area (Å²) in [6, 6.07) is 0. The van der Waals surface area contributed by atoms with Gasteiger partial charge in [0.1, 0.15) is 0 Å². The van der Waals surface area contributed by atoms with Crippen molar-refractivity contribution in [2.75, 3.05) is 0 Å². The van der Waals surface area contributed by atoms with Crippen LogP contribution in [-0.2, 0) is 34.4 Å². The van der Waals surface area contributed by atoms with Crippen molar-refractivity contribution in [1.82, 2.24) is 0 Å². The predicted octanol–water partition coefficient (Wildman–Crippen LogP) is -1.13. The van der Waals surface area contributed by atoms with E-state index in [9.17, 15) is 0 Å². The van der Waals surface area contributed by atoms with Crippen molar-refractivity contribution in [1.29, 1.82) is 0 Å². The Hall–Kier alpha value is 1.81. The first-order valence-corrected chi connectivity index (χ1v) is 5.00. The summed E-state index contributed by atoms with van der Waals surface area (Å²) in [4.78, 5) is 0. The third-order valence-electron chi connectivity index (χ3n) is 0. The Morgan fingerprint density at radius 2 is 1.14 bits per heavy atom. The molecule has 4 nitrogen and oxygen atoms in total. The molecule has 0 aromatic heterocycles. The molecular formula is HAlLaO4Zr. The van der Waals surface area contributed by atoms with E-state index < -0.39 is 23.2 Å². The van der Waals surface area contributed by atoms with Gasteiger partial charge in [0.25, 0.3) is 0 Å². The first-order valence-electron chi connectivity index (χ1n) is 0.933. The van der Waals surface area contributed by atoms with E-state index in [1.165, 1.54) is 0 Å². The average Bonchev–Trinajstić information content (AvgIpc) is 1.78. The molecule has 0 bridgehead atoms. The Balaban J connectivity index is -0.0000000360. The van der Waals surface area contributed by atoms with Gasteiger partial charge in [-0.3, -0.25) is 0 Å². The maximum absolute atomic E-state index is 8.54. The molecule has 0 atom stereocenters. The van der Waals surface area contributed by atoms with E-state index in [4.69, 9.17) is 11.1 Å². The van der Waals surface area contributed by atoms with Gasteiger partial charge in [0.05, 0.1) is 0 Å². The maximum atomic E-state index is 8.54. The monoisotopic (exact) mass is 321 g/mol. The molecule has 7 heteroatoms. The van der Waals surface area contributed by atoms with Crippen molar-refractivity contribution in [2.45, 2.75) is 0 Å². The molecule has 0 rings (SSSR count). The van der Waals surface area contributed by atoms with Crippen LogP contribution in [0.4, 0.5) is 0 Å². The van der Waals surface area contributed by atoms with Crippen LogP contribution >= 0.6 is 0 Å². The normalized spacial score (nSPS) is 2.43. The minimum atomic E-state index is -2.27. The van der Waals surface area contributed by atoms with Gasteiger partial charge in [0.15, 0.2) is 0 Å². The fourth-order valence-corrected chi connectivity index (χ4v) is 0. The standard InChI is InChI=1S/Al.La.4O.Zr.H. The second-order valence-electron chi connectivity index (χ2n) is 0.0833. The van der Waals surface area contributed by atoms with Crippen molar-refractivity contribution in [3.63, 3.8) is 0 Å². The molecule has 0 aliphatic carbocycles. The summed E-state index contributed by atoms with van der Waals surface area (Å²) in [6.07, 6.45) is 0. The van der Waals surface area contributed by atoms with Crippen molar-refractivity contribution in [3.8, 4) is 0 Å². The van der Waals surface area contributed by atoms with Crippen LogP contribution in [0, 0.1) is 33.8 Å². The Labute approximate surface area is 82.9 Å². The van der Waals surface area contributed by atoms with Crippen LogP contribution in [0.3, 0.4) is 0 Å². The van der Waals surface area contributed by atoms with E-state index >= 15 is 0 Å². The number of rotatable bonds is 0. The third kappa shape index (κ3) is 80.5. The zero-order valence-corrected chi connectivity index (χ0v) is 10.9. The molecule has 0 N–H and O–H groups in total. The molecule has 0 aromatic rings. The van der Waals surface area contributed by atoms with E-state index in [1.54, 1.807) is 0 Å². The SMILES string of the molecule is [O]=[AlH].[O]=[La].[O]=[Zr]=[O]. The number of hydrogen-bond donors (Lipinski definition) is 0. The molecule has 0 aromatic carbocycles. The molecule has 0 unspecified atom stereocenters. The fraction of sp³-hybridized carbons (Fsp3) is 0. The summed E-state index contributed by atoms with van der Waals surface area (Å²) in [5.74, 6) is 0. The zero-order valence-electron chi connectivity index (χ0n) is 3.42. The van der Waals surface area contributed by atoms with Gasteiger partial charge in [-0.25, -0.2) is 0 Å². The zero-order chi connectivity index (χ0) is 6.71. The van der Waals surface area contributed by atoms with E-state index in [-0.39, 0.29) is 33.8 Å². The van der Waals surface area contributed by atoms with E-state index in [0.29, 0.717) is 16.2 Å². The molecule has 0 saturated heterocycles. The van der Waals surface area contributed by atoms with Gasteiger partial charge in [-0.2, -0.15) is 0 Å². The molecule has 0 aliphatic heterocycles. The molecule has 0 heterocycles. The quantitative estimate of drug-likeness (QED) is 0.530. The van der Waals surface area contributed by atoms with Gasteiger partial charge >= 0.3 is 84.4 Å². The average molecular weight is 322 g/mol. The Kier molecular flexibility index (Phi) is 104. The third-order valence-corrected chi connectivity index (χ3v) is 0. The molecule has 0 amide bonds. The summed E-state index contributed by atoms with van der Waals surface area (Å²) in [6.45, 7) is 0. The van der Waals surface area contributed by atoms with Crippen LogP contribution in [0.15, 0.2) is 0 Å². The topological polar surface area (TPSA) is 68.3 Å². The number of hydrogen-bond acceptors (Lipinski definition) is 4. The van der Waals surface area contributed by atoms with Crippen molar-refractivity contribution in [2.24, 2.45) is 0 Å². The molecule has 0 spiro atoms. The van der Waals surface area contributed by atoms with Crippen molar-refractivity contribution < 1.29 is 68.2 Å². The second-order valence-corrected chi connectivity index (χ2v) is 0.493. The van der Waals surface area contributed by atoms with Gasteiger partial charge in [0.2, 0.25) is 0 Å². The minimum absolute atomic E-state index is 0.0833. The van der Waals surface area contributed by atoms with E-state index in [2.05, 4.69) is 0 Å². The molecular weight excluding hydrogens is 321 g/mol. The van der Waals surface area contributed by atoms with Gasteiger partial charge in [-0.1, -0.05) is 0 Å². The first kappa shape index (κ1) is 15.9. The van der Waals surface area contributed by atoms with Crippen LogP contribution in [0.1, 0.15) is 0 Å². The first-order chi connectivity index (χ1) is 3.41. The predicted molar refractivity (Wildman–Crippen MR) is 9.89 cm³/mol. The van der Waals surface area contributed by atoms with Crippen LogP contribution < -0.4 is 0 Å². The van der Waals surface area contributed by atoms with Crippen molar-refractivity contribution in [3.05, 3.63) is 0 Å². The summed E-state index contributed by atoms with van der Waals surface area (Å²) < 4.78 is 33.8. The van der Waals surface area contributed by atoms with Gasteiger partial charge in [0, 0.05) is 0 Å². The summed E-state index contributed by atoms with van der Waals surface area (Å²) in [5.41, 5.74) is 0. The van der Waals surface area contributed by atoms with Crippen LogP contribution in [0.2, 0.25) is 0 Å². The Morgan fingerprint density at radius 1 is 1.14 bits per heavy atom. The Morgan fingerprint density at radius 3 is 1.14 bits per heavy atom. The molecule has 0 radical (unpaired) electrons. The molecule has 35 valence electrons. The summed E-state index contributed by atoms with van der Waals surface area (Å²) >= 11 is -1.74. The van der Waals surface area contributed by atoms with E-state index in [1.807, 2.05) is 0 Å². The Bertz CT molecular complexity index is 47.7. The summed E-state index contributed by atoms with van der Waals surface area (Å²) in [5, 5.41) is 0. The van der Waals surface area contributed by atoms with Crippen molar-refractivity contribution >= 4 is 16.2 Å². The van der Waals surface area contributed by atoms with Gasteiger partial charge < -0.3 is 0 Å². The van der Waals surface area contributed by atoms with Crippen LogP contribution in [-0.4, -0.2) is 16.2 Å². The molecule has 0 aliphatic rings. The van der Waals surface area contributed by atoms with Gasteiger partial charge in [-0.15, -0.1) is 0 Å². The molecule has 7 heavy (non-hydrogen) atoms. The van der Waals surface area contributed by atoms with E-state index in [0.717, 1.165) is 0 Å². The molecule has 0 fully saturated rings.